The van der Waals surface area contributed by atoms with Gasteiger partial charge in [0.15, 0.2) is 0 Å². The Morgan fingerprint density at radius 3 is 2.52 bits per heavy atom. The third kappa shape index (κ3) is 4.37. The second-order valence-corrected chi connectivity index (χ2v) is 7.03. The molecule has 3 aromatic rings. The number of aromatic nitrogens is 4. The number of anilines is 1. The second-order valence-electron chi connectivity index (χ2n) is 7.03. The Bertz CT molecular complexity index is 948. The van der Waals surface area contributed by atoms with Gasteiger partial charge in [-0.3, -0.25) is 0 Å². The van der Waals surface area contributed by atoms with Crippen LogP contribution in [0.2, 0.25) is 0 Å². The molecule has 0 bridgehead atoms. The van der Waals surface area contributed by atoms with E-state index in [2.05, 4.69) is 44.8 Å². The Morgan fingerprint density at radius 2 is 1.76 bits per heavy atom. The van der Waals surface area contributed by atoms with Gasteiger partial charge in [-0.05, 0) is 40.1 Å². The lowest BCUT2D eigenvalue weighted by Gasteiger charge is -2.34. The number of rotatable bonds is 5. The minimum atomic E-state index is -0.0382. The molecule has 2 aromatic carbocycles. The SMILES string of the molecule is CCc1cccc(-n2nnnc2N2CCN(C(=O)NCc3ccccc3)CC2)c1. The van der Waals surface area contributed by atoms with Crippen molar-refractivity contribution in [3.8, 4) is 5.69 Å². The number of aryl methyl sites for hydroxylation is 1. The first-order chi connectivity index (χ1) is 14.2. The number of tetrazole rings is 1. The zero-order valence-electron chi connectivity index (χ0n) is 16.5. The number of carbonyl (C=O) groups is 1. The highest BCUT2D eigenvalue weighted by Crippen LogP contribution is 2.18. The van der Waals surface area contributed by atoms with Crippen LogP contribution >= 0.6 is 0 Å². The summed E-state index contributed by atoms with van der Waals surface area (Å²) in [5, 5.41) is 15.3. The Balaban J connectivity index is 1.36. The van der Waals surface area contributed by atoms with Gasteiger partial charge >= 0.3 is 6.03 Å². The smallest absolute Gasteiger partial charge is 0.317 e. The molecule has 1 N–H and O–H groups in total. The highest BCUT2D eigenvalue weighted by Gasteiger charge is 2.24. The summed E-state index contributed by atoms with van der Waals surface area (Å²) in [5.41, 5.74) is 3.28. The van der Waals surface area contributed by atoms with Gasteiger partial charge < -0.3 is 15.1 Å². The number of amides is 2. The molecule has 1 saturated heterocycles. The Labute approximate surface area is 170 Å². The quantitative estimate of drug-likeness (QED) is 0.722. The number of nitrogens with one attached hydrogen (secondary N) is 1. The first kappa shape index (κ1) is 18.9. The maximum Gasteiger partial charge on any atom is 0.317 e. The van der Waals surface area contributed by atoms with Crippen LogP contribution in [0.15, 0.2) is 54.6 Å². The maximum absolute atomic E-state index is 12.5. The van der Waals surface area contributed by atoms with Gasteiger partial charge in [0, 0.05) is 32.7 Å². The number of piperazine rings is 1. The topological polar surface area (TPSA) is 79.2 Å². The Hall–Kier alpha value is -3.42. The fourth-order valence-electron chi connectivity index (χ4n) is 3.45. The van der Waals surface area contributed by atoms with E-state index >= 15 is 0 Å². The molecule has 0 aliphatic carbocycles. The molecule has 0 atom stereocenters. The zero-order valence-corrected chi connectivity index (χ0v) is 16.5. The predicted octanol–water partition coefficient (Wildman–Crippen LogP) is 2.26. The third-order valence-corrected chi connectivity index (χ3v) is 5.15. The number of carbonyl (C=O) groups excluding carboxylic acids is 1. The molecular formula is C21H25N7O. The summed E-state index contributed by atoms with van der Waals surface area (Å²) in [6, 6.07) is 18.1. The average molecular weight is 391 g/mol. The molecule has 0 spiro atoms. The van der Waals surface area contributed by atoms with E-state index in [0.717, 1.165) is 17.7 Å². The number of hydrogen-bond donors (Lipinski definition) is 1. The molecule has 29 heavy (non-hydrogen) atoms. The van der Waals surface area contributed by atoms with E-state index in [-0.39, 0.29) is 6.03 Å². The van der Waals surface area contributed by atoms with Crippen molar-refractivity contribution in [2.75, 3.05) is 31.1 Å². The van der Waals surface area contributed by atoms with E-state index < -0.39 is 0 Å². The van der Waals surface area contributed by atoms with Crippen molar-refractivity contribution in [3.63, 3.8) is 0 Å². The lowest BCUT2D eigenvalue weighted by molar-refractivity contribution is 0.193. The summed E-state index contributed by atoms with van der Waals surface area (Å²) in [6.45, 7) is 5.29. The minimum Gasteiger partial charge on any atom is -0.336 e. The van der Waals surface area contributed by atoms with Gasteiger partial charge in [0.25, 0.3) is 0 Å². The monoisotopic (exact) mass is 391 g/mol. The van der Waals surface area contributed by atoms with Crippen molar-refractivity contribution in [1.29, 1.82) is 0 Å². The Kier molecular flexibility index (Phi) is 5.69. The molecule has 0 unspecified atom stereocenters. The molecule has 1 aliphatic heterocycles. The van der Waals surface area contributed by atoms with E-state index in [1.165, 1.54) is 5.56 Å². The van der Waals surface area contributed by atoms with Gasteiger partial charge in [-0.15, -0.1) is 0 Å². The standard InChI is InChI=1S/C21H25N7O/c1-2-17-9-6-10-19(15-17)28-20(23-24-25-28)26-11-13-27(14-12-26)21(29)22-16-18-7-4-3-5-8-18/h3-10,15H,2,11-14,16H2,1H3,(H,22,29). The molecule has 150 valence electrons. The van der Waals surface area contributed by atoms with Gasteiger partial charge in [0.1, 0.15) is 0 Å². The zero-order chi connectivity index (χ0) is 20.1. The van der Waals surface area contributed by atoms with Crippen LogP contribution in [0.1, 0.15) is 18.1 Å². The molecule has 1 aliphatic rings. The van der Waals surface area contributed by atoms with Crippen LogP contribution in [0.4, 0.5) is 10.7 Å². The van der Waals surface area contributed by atoms with Crippen molar-refractivity contribution in [3.05, 3.63) is 65.7 Å². The molecule has 2 heterocycles. The van der Waals surface area contributed by atoms with Crippen LogP contribution in [0, 0.1) is 0 Å². The van der Waals surface area contributed by atoms with Crippen molar-refractivity contribution in [2.24, 2.45) is 0 Å². The van der Waals surface area contributed by atoms with E-state index in [0.29, 0.717) is 38.7 Å². The largest absolute Gasteiger partial charge is 0.336 e. The van der Waals surface area contributed by atoms with Gasteiger partial charge in [0.05, 0.1) is 5.69 Å². The third-order valence-electron chi connectivity index (χ3n) is 5.15. The van der Waals surface area contributed by atoms with Gasteiger partial charge in [-0.2, -0.15) is 4.68 Å². The molecular weight excluding hydrogens is 366 g/mol. The lowest BCUT2D eigenvalue weighted by atomic mass is 10.1. The average Bonchev–Trinajstić information content (AvgIpc) is 3.28. The number of nitrogens with zero attached hydrogens (tertiary/aromatic N) is 6. The number of urea groups is 1. The molecule has 1 fully saturated rings. The molecule has 4 rings (SSSR count). The normalized spacial score (nSPS) is 14.1. The Morgan fingerprint density at radius 1 is 1.00 bits per heavy atom. The number of benzene rings is 2. The first-order valence-corrected chi connectivity index (χ1v) is 9.94. The highest BCUT2D eigenvalue weighted by atomic mass is 16.2. The van der Waals surface area contributed by atoms with Crippen LogP contribution in [0.3, 0.4) is 0 Å². The summed E-state index contributed by atoms with van der Waals surface area (Å²) in [7, 11) is 0. The van der Waals surface area contributed by atoms with Gasteiger partial charge in [0.2, 0.25) is 5.95 Å². The molecule has 0 saturated carbocycles. The predicted molar refractivity (Wildman–Crippen MR) is 111 cm³/mol. The van der Waals surface area contributed by atoms with Crippen LogP contribution in [0.5, 0.6) is 0 Å². The van der Waals surface area contributed by atoms with E-state index in [4.69, 9.17) is 0 Å². The highest BCUT2D eigenvalue weighted by molar-refractivity contribution is 5.74. The summed E-state index contributed by atoms with van der Waals surface area (Å²) in [6.07, 6.45) is 0.960. The maximum atomic E-state index is 12.5. The van der Waals surface area contributed by atoms with Crippen molar-refractivity contribution in [1.82, 2.24) is 30.4 Å². The van der Waals surface area contributed by atoms with E-state index in [9.17, 15) is 4.79 Å². The van der Waals surface area contributed by atoms with Crippen LogP contribution in [-0.2, 0) is 13.0 Å². The molecule has 1 aromatic heterocycles. The van der Waals surface area contributed by atoms with E-state index in [1.807, 2.05) is 47.4 Å². The minimum absolute atomic E-state index is 0.0382. The lowest BCUT2D eigenvalue weighted by Crippen LogP contribution is -2.52. The summed E-state index contributed by atoms with van der Waals surface area (Å²) in [5.74, 6) is 0.711. The summed E-state index contributed by atoms with van der Waals surface area (Å²) >= 11 is 0. The molecule has 8 nitrogen and oxygen atoms in total. The van der Waals surface area contributed by atoms with Crippen LogP contribution in [0.25, 0.3) is 5.69 Å². The summed E-state index contributed by atoms with van der Waals surface area (Å²) in [4.78, 5) is 16.4. The summed E-state index contributed by atoms with van der Waals surface area (Å²) < 4.78 is 1.77. The molecule has 8 heteroatoms. The van der Waals surface area contributed by atoms with E-state index in [1.54, 1.807) is 4.68 Å². The van der Waals surface area contributed by atoms with Crippen molar-refractivity contribution >= 4 is 12.0 Å². The van der Waals surface area contributed by atoms with Crippen molar-refractivity contribution in [2.45, 2.75) is 19.9 Å². The fourth-order valence-corrected chi connectivity index (χ4v) is 3.45. The fraction of sp³-hybridized carbons (Fsp3) is 0.333. The number of hydrogen-bond acceptors (Lipinski definition) is 5. The van der Waals surface area contributed by atoms with Crippen molar-refractivity contribution < 1.29 is 4.79 Å². The molecule has 0 radical (unpaired) electrons. The van der Waals surface area contributed by atoms with Crippen LogP contribution < -0.4 is 10.2 Å². The molecule has 2 amide bonds. The van der Waals surface area contributed by atoms with Gasteiger partial charge in [-0.25, -0.2) is 4.79 Å². The van der Waals surface area contributed by atoms with Gasteiger partial charge in [-0.1, -0.05) is 54.5 Å². The second kappa shape index (κ2) is 8.72. The first-order valence-electron chi connectivity index (χ1n) is 9.94. The van der Waals surface area contributed by atoms with Crippen LogP contribution in [-0.4, -0.2) is 57.3 Å².